The molecule has 2 N–H and O–H groups in total. The molecule has 160 valence electrons. The van der Waals surface area contributed by atoms with Crippen molar-refractivity contribution < 1.29 is 23.1 Å². The third-order valence-corrected chi connectivity index (χ3v) is 7.18. The van der Waals surface area contributed by atoms with Gasteiger partial charge in [-0.05, 0) is 55.5 Å². The minimum absolute atomic E-state index is 0.0624. The number of sulfonamides is 1. The molecule has 1 aliphatic rings. The average Bonchev–Trinajstić information content (AvgIpc) is 2.75. The molecule has 1 amide bonds. The number of nitrogens with one attached hydrogen (secondary N) is 1. The van der Waals surface area contributed by atoms with Crippen molar-refractivity contribution in [2.24, 2.45) is 5.92 Å². The normalized spacial score (nSPS) is 17.4. The first-order valence-electron chi connectivity index (χ1n) is 10.0. The molecule has 1 saturated heterocycles. The molecular weight excluding hydrogens is 404 g/mol. The van der Waals surface area contributed by atoms with Crippen LogP contribution in [-0.4, -0.2) is 48.5 Å². The van der Waals surface area contributed by atoms with Crippen LogP contribution in [0.3, 0.4) is 0 Å². The standard InChI is InChI=1S/C22H26N2O5S/c25-21(23-20-12-10-18(11-13-20)22(26)27)19-9-4-14-24(16-19)30(28,29)15-5-8-17-6-2-1-3-7-17/h1-3,6-7,10-13,19H,4-5,8-9,14-16H2,(H,23,25)(H,26,27). The smallest absolute Gasteiger partial charge is 0.335 e. The van der Waals surface area contributed by atoms with Crippen molar-refractivity contribution in [3.8, 4) is 0 Å². The maximum Gasteiger partial charge on any atom is 0.335 e. The number of carboxylic acids is 1. The molecule has 0 aliphatic carbocycles. The van der Waals surface area contributed by atoms with Gasteiger partial charge in [0.05, 0.1) is 17.2 Å². The lowest BCUT2D eigenvalue weighted by Crippen LogP contribution is -2.44. The predicted octanol–water partition coefficient (Wildman–Crippen LogP) is 3.00. The third-order valence-electron chi connectivity index (χ3n) is 5.26. The van der Waals surface area contributed by atoms with Gasteiger partial charge in [-0.15, -0.1) is 0 Å². The molecule has 7 nitrogen and oxygen atoms in total. The highest BCUT2D eigenvalue weighted by Crippen LogP contribution is 2.22. The number of carbonyl (C=O) groups is 2. The van der Waals surface area contributed by atoms with Gasteiger partial charge < -0.3 is 10.4 Å². The first kappa shape index (κ1) is 22.0. The summed E-state index contributed by atoms with van der Waals surface area (Å²) in [4.78, 5) is 23.5. The number of amides is 1. The van der Waals surface area contributed by atoms with E-state index < -0.39 is 21.9 Å². The number of carboxylic acid groups (broad SMARTS) is 1. The number of rotatable bonds is 8. The Labute approximate surface area is 176 Å². The lowest BCUT2D eigenvalue weighted by atomic mass is 9.98. The van der Waals surface area contributed by atoms with Crippen LogP contribution in [0.15, 0.2) is 54.6 Å². The van der Waals surface area contributed by atoms with Gasteiger partial charge in [-0.1, -0.05) is 30.3 Å². The highest BCUT2D eigenvalue weighted by molar-refractivity contribution is 7.89. The topological polar surface area (TPSA) is 104 Å². The molecule has 2 aromatic carbocycles. The Kier molecular flexibility index (Phi) is 7.23. The van der Waals surface area contributed by atoms with Crippen molar-refractivity contribution in [3.63, 3.8) is 0 Å². The number of hydrogen-bond donors (Lipinski definition) is 2. The molecular formula is C22H26N2O5S. The Hall–Kier alpha value is -2.71. The van der Waals surface area contributed by atoms with Crippen LogP contribution in [0.25, 0.3) is 0 Å². The molecule has 1 aliphatic heterocycles. The Morgan fingerprint density at radius 1 is 1.07 bits per heavy atom. The zero-order valence-electron chi connectivity index (χ0n) is 16.7. The Bertz CT molecular complexity index is 974. The van der Waals surface area contributed by atoms with Gasteiger partial charge >= 0.3 is 5.97 Å². The minimum atomic E-state index is -3.42. The molecule has 1 unspecified atom stereocenters. The van der Waals surface area contributed by atoms with Crippen LogP contribution in [0.4, 0.5) is 5.69 Å². The fourth-order valence-corrected chi connectivity index (χ4v) is 5.16. The fraction of sp³-hybridized carbons (Fsp3) is 0.364. The quantitative estimate of drug-likeness (QED) is 0.670. The number of aryl methyl sites for hydroxylation is 1. The van der Waals surface area contributed by atoms with E-state index in [-0.39, 0.29) is 23.8 Å². The van der Waals surface area contributed by atoms with Gasteiger partial charge in [-0.2, -0.15) is 0 Å². The number of benzene rings is 2. The van der Waals surface area contributed by atoms with E-state index in [9.17, 15) is 18.0 Å². The summed E-state index contributed by atoms with van der Waals surface area (Å²) in [5, 5.41) is 11.7. The SMILES string of the molecule is O=C(O)c1ccc(NC(=O)C2CCCN(S(=O)(=O)CCCc3ccccc3)C2)cc1. The number of hydrogen-bond acceptors (Lipinski definition) is 4. The minimum Gasteiger partial charge on any atom is -0.478 e. The number of carbonyl (C=O) groups excluding carboxylic acids is 1. The maximum absolute atomic E-state index is 12.7. The van der Waals surface area contributed by atoms with Gasteiger partial charge in [0.2, 0.25) is 15.9 Å². The van der Waals surface area contributed by atoms with Crippen molar-refractivity contribution in [1.82, 2.24) is 4.31 Å². The van der Waals surface area contributed by atoms with E-state index in [1.807, 2.05) is 30.3 Å². The third kappa shape index (κ3) is 5.90. The highest BCUT2D eigenvalue weighted by Gasteiger charge is 2.32. The van der Waals surface area contributed by atoms with Crippen LogP contribution >= 0.6 is 0 Å². The summed E-state index contributed by atoms with van der Waals surface area (Å²) in [5.41, 5.74) is 1.74. The van der Waals surface area contributed by atoms with Crippen LogP contribution in [0.5, 0.6) is 0 Å². The van der Waals surface area contributed by atoms with Crippen LogP contribution in [0.1, 0.15) is 35.2 Å². The van der Waals surface area contributed by atoms with Crippen LogP contribution in [0, 0.1) is 5.92 Å². The summed E-state index contributed by atoms with van der Waals surface area (Å²) >= 11 is 0. The zero-order valence-corrected chi connectivity index (χ0v) is 17.5. The lowest BCUT2D eigenvalue weighted by Gasteiger charge is -2.31. The maximum atomic E-state index is 12.7. The first-order chi connectivity index (χ1) is 14.3. The largest absolute Gasteiger partial charge is 0.478 e. The van der Waals surface area contributed by atoms with Gasteiger partial charge in [0, 0.05) is 18.8 Å². The van der Waals surface area contributed by atoms with Crippen molar-refractivity contribution in [2.45, 2.75) is 25.7 Å². The lowest BCUT2D eigenvalue weighted by molar-refractivity contribution is -0.120. The van der Waals surface area contributed by atoms with Crippen molar-refractivity contribution in [1.29, 1.82) is 0 Å². The molecule has 1 fully saturated rings. The number of anilines is 1. The molecule has 0 radical (unpaired) electrons. The van der Waals surface area contributed by atoms with Crippen molar-refractivity contribution in [3.05, 3.63) is 65.7 Å². The second kappa shape index (κ2) is 9.86. The van der Waals surface area contributed by atoms with Crippen LogP contribution < -0.4 is 5.32 Å². The second-order valence-corrected chi connectivity index (χ2v) is 9.56. The molecule has 1 atom stereocenters. The number of piperidine rings is 1. The number of aromatic carboxylic acids is 1. The predicted molar refractivity (Wildman–Crippen MR) is 115 cm³/mol. The van der Waals surface area contributed by atoms with E-state index in [0.29, 0.717) is 37.9 Å². The first-order valence-corrected chi connectivity index (χ1v) is 11.6. The van der Waals surface area contributed by atoms with E-state index in [0.717, 1.165) is 5.56 Å². The van der Waals surface area contributed by atoms with Crippen LogP contribution in [-0.2, 0) is 21.2 Å². The van der Waals surface area contributed by atoms with Gasteiger partial charge in [0.1, 0.15) is 0 Å². The molecule has 0 spiro atoms. The molecule has 2 aromatic rings. The Balaban J connectivity index is 1.54. The average molecular weight is 431 g/mol. The van der Waals surface area contributed by atoms with Gasteiger partial charge in [0.25, 0.3) is 0 Å². The summed E-state index contributed by atoms with van der Waals surface area (Å²) in [6, 6.07) is 15.7. The Morgan fingerprint density at radius 3 is 2.43 bits per heavy atom. The fourth-order valence-electron chi connectivity index (χ4n) is 3.58. The summed E-state index contributed by atoms with van der Waals surface area (Å²) in [5.74, 6) is -1.65. The molecule has 3 rings (SSSR count). The van der Waals surface area contributed by atoms with Gasteiger partial charge in [-0.3, -0.25) is 4.79 Å². The molecule has 0 saturated carbocycles. The van der Waals surface area contributed by atoms with Gasteiger partial charge in [-0.25, -0.2) is 17.5 Å². The van der Waals surface area contributed by atoms with E-state index in [1.165, 1.54) is 28.6 Å². The van der Waals surface area contributed by atoms with E-state index in [1.54, 1.807) is 0 Å². The second-order valence-electron chi connectivity index (χ2n) is 7.47. The number of nitrogens with zero attached hydrogens (tertiary/aromatic N) is 1. The van der Waals surface area contributed by atoms with E-state index in [4.69, 9.17) is 5.11 Å². The molecule has 1 heterocycles. The molecule has 8 heteroatoms. The highest BCUT2D eigenvalue weighted by atomic mass is 32.2. The summed E-state index contributed by atoms with van der Waals surface area (Å²) in [7, 11) is -3.42. The van der Waals surface area contributed by atoms with E-state index in [2.05, 4.69) is 5.32 Å². The zero-order chi connectivity index (χ0) is 21.6. The van der Waals surface area contributed by atoms with Crippen molar-refractivity contribution >= 4 is 27.6 Å². The summed E-state index contributed by atoms with van der Waals surface area (Å²) in [6.45, 7) is 0.609. The molecule has 0 aromatic heterocycles. The monoisotopic (exact) mass is 430 g/mol. The molecule has 30 heavy (non-hydrogen) atoms. The Morgan fingerprint density at radius 2 is 1.77 bits per heavy atom. The van der Waals surface area contributed by atoms with Crippen LogP contribution in [0.2, 0.25) is 0 Å². The summed E-state index contributed by atoms with van der Waals surface area (Å²) < 4.78 is 26.9. The summed E-state index contributed by atoms with van der Waals surface area (Å²) in [6.07, 6.45) is 2.49. The van der Waals surface area contributed by atoms with E-state index >= 15 is 0 Å². The van der Waals surface area contributed by atoms with Gasteiger partial charge in [0.15, 0.2) is 0 Å². The molecule has 0 bridgehead atoms. The van der Waals surface area contributed by atoms with Crippen molar-refractivity contribution in [2.75, 3.05) is 24.2 Å².